The van der Waals surface area contributed by atoms with Crippen molar-refractivity contribution >= 4 is 22.5 Å². The zero-order valence-electron chi connectivity index (χ0n) is 17.5. The molecule has 1 N–H and O–H groups in total. The molecular weight excluding hydrogens is 427 g/mol. The molecule has 4 rings (SSSR count). The molecule has 1 atom stereocenters. The fourth-order valence-corrected chi connectivity index (χ4v) is 3.56. The number of hydrogen-bond acceptors (Lipinski definition) is 7. The number of anilines is 1. The third-order valence-corrected chi connectivity index (χ3v) is 5.33. The highest BCUT2D eigenvalue weighted by molar-refractivity contribution is 5.88. The lowest BCUT2D eigenvalue weighted by molar-refractivity contribution is -0.385. The molecule has 1 aliphatic carbocycles. The van der Waals surface area contributed by atoms with Gasteiger partial charge in [0, 0.05) is 17.7 Å². The Morgan fingerprint density at radius 3 is 2.50 bits per heavy atom. The lowest BCUT2D eigenvalue weighted by Crippen LogP contribution is -2.13. The summed E-state index contributed by atoms with van der Waals surface area (Å²) >= 11 is 0. The van der Waals surface area contributed by atoms with Crippen LogP contribution in [-0.2, 0) is 6.18 Å². The average molecular weight is 447 g/mol. The fraction of sp³-hybridized carbons (Fsp3) is 0.381. The summed E-state index contributed by atoms with van der Waals surface area (Å²) in [7, 11) is 1.54. The number of methoxy groups -OCH3 is 1. The van der Waals surface area contributed by atoms with Crippen LogP contribution in [0.1, 0.15) is 54.2 Å². The molecular formula is C21H20F3N5O3. The van der Waals surface area contributed by atoms with Gasteiger partial charge in [-0.15, -0.1) is 0 Å². The van der Waals surface area contributed by atoms with E-state index in [2.05, 4.69) is 20.3 Å². The van der Waals surface area contributed by atoms with Crippen molar-refractivity contribution in [1.29, 1.82) is 0 Å². The van der Waals surface area contributed by atoms with Gasteiger partial charge in [-0.3, -0.25) is 10.1 Å². The minimum atomic E-state index is -4.71. The molecule has 0 spiro atoms. The third-order valence-electron chi connectivity index (χ3n) is 5.33. The Kier molecular flexibility index (Phi) is 5.35. The van der Waals surface area contributed by atoms with Crippen LogP contribution < -0.4 is 10.1 Å². The van der Waals surface area contributed by atoms with Crippen molar-refractivity contribution in [3.8, 4) is 5.88 Å². The molecule has 3 aromatic rings. The van der Waals surface area contributed by atoms with Gasteiger partial charge in [0.2, 0.25) is 5.88 Å². The number of halogens is 3. The maximum Gasteiger partial charge on any atom is 0.416 e. The van der Waals surface area contributed by atoms with Crippen LogP contribution in [0.4, 0.5) is 24.7 Å². The Balaban J connectivity index is 1.77. The second-order valence-electron chi connectivity index (χ2n) is 7.79. The van der Waals surface area contributed by atoms with E-state index >= 15 is 0 Å². The van der Waals surface area contributed by atoms with Gasteiger partial charge in [0.05, 0.1) is 29.0 Å². The van der Waals surface area contributed by atoms with Gasteiger partial charge >= 0.3 is 6.18 Å². The van der Waals surface area contributed by atoms with Crippen molar-refractivity contribution in [2.75, 3.05) is 12.4 Å². The molecule has 2 heterocycles. The molecule has 0 unspecified atom stereocenters. The van der Waals surface area contributed by atoms with Crippen molar-refractivity contribution < 1.29 is 22.8 Å². The quantitative estimate of drug-likeness (QED) is 0.403. The number of hydrogen-bond donors (Lipinski definition) is 1. The second-order valence-corrected chi connectivity index (χ2v) is 7.79. The van der Waals surface area contributed by atoms with Crippen molar-refractivity contribution in [3.05, 3.63) is 56.9 Å². The van der Waals surface area contributed by atoms with E-state index in [9.17, 15) is 23.3 Å². The maximum absolute atomic E-state index is 13.3. The Hall–Kier alpha value is -3.50. The van der Waals surface area contributed by atoms with E-state index in [0.29, 0.717) is 40.5 Å². The van der Waals surface area contributed by atoms with Gasteiger partial charge in [-0.25, -0.2) is 9.97 Å². The van der Waals surface area contributed by atoms with Crippen LogP contribution >= 0.6 is 0 Å². The SMILES string of the molecule is COc1nc2nc(C)nc(N[C@H](C)c3cc([N+](=O)[O-])cc(C(F)(F)F)c3)c2cc1C1CC1. The highest BCUT2D eigenvalue weighted by Crippen LogP contribution is 2.45. The van der Waals surface area contributed by atoms with Crippen molar-refractivity contribution in [1.82, 2.24) is 15.0 Å². The molecule has 1 aromatic carbocycles. The first kappa shape index (κ1) is 21.7. The summed E-state index contributed by atoms with van der Waals surface area (Å²) < 4.78 is 45.2. The van der Waals surface area contributed by atoms with Gasteiger partial charge in [-0.2, -0.15) is 18.2 Å². The first-order valence-electron chi connectivity index (χ1n) is 9.93. The van der Waals surface area contributed by atoms with Crippen LogP contribution in [-0.4, -0.2) is 27.0 Å². The Labute approximate surface area is 181 Å². The predicted octanol–water partition coefficient (Wildman–Crippen LogP) is 5.32. The van der Waals surface area contributed by atoms with Crippen LogP contribution in [0.25, 0.3) is 11.0 Å². The monoisotopic (exact) mass is 447 g/mol. The lowest BCUT2D eigenvalue weighted by Gasteiger charge is -2.19. The number of aryl methyl sites for hydroxylation is 1. The van der Waals surface area contributed by atoms with Crippen LogP contribution in [0.2, 0.25) is 0 Å². The van der Waals surface area contributed by atoms with Gasteiger partial charge in [0.1, 0.15) is 11.6 Å². The fourth-order valence-electron chi connectivity index (χ4n) is 3.56. The molecule has 0 radical (unpaired) electrons. The Bertz CT molecular complexity index is 1210. The standard InChI is InChI=1S/C21H20F3N5O3/c1-10(13-6-14(21(22,23)24)8-15(7-13)29(30)31)25-18-17-9-16(12-4-5-12)20(32-3)28-19(17)27-11(2)26-18/h6-10,12H,4-5H2,1-3H3,(H,25,26,27,28)/t10-/m1/s1. The molecule has 0 amide bonds. The number of benzene rings is 1. The second kappa shape index (κ2) is 7.88. The molecule has 1 saturated carbocycles. The number of nitrogens with zero attached hydrogens (tertiary/aromatic N) is 4. The van der Waals surface area contributed by atoms with Gasteiger partial charge in [-0.05, 0) is 50.3 Å². The van der Waals surface area contributed by atoms with Gasteiger partial charge in [-0.1, -0.05) is 0 Å². The highest BCUT2D eigenvalue weighted by atomic mass is 19.4. The average Bonchev–Trinajstić information content (AvgIpc) is 3.57. The molecule has 0 bridgehead atoms. The number of rotatable bonds is 6. The molecule has 1 fully saturated rings. The Morgan fingerprint density at radius 2 is 1.91 bits per heavy atom. The summed E-state index contributed by atoms with van der Waals surface area (Å²) in [5.74, 6) is 1.62. The molecule has 32 heavy (non-hydrogen) atoms. The number of ether oxygens (including phenoxy) is 1. The number of fused-ring (bicyclic) bond motifs is 1. The summed E-state index contributed by atoms with van der Waals surface area (Å²) in [6.45, 7) is 3.29. The minimum Gasteiger partial charge on any atom is -0.481 e. The van der Waals surface area contributed by atoms with Crippen molar-refractivity contribution in [3.63, 3.8) is 0 Å². The number of alkyl halides is 3. The molecule has 0 aliphatic heterocycles. The number of pyridine rings is 1. The van der Waals surface area contributed by atoms with Gasteiger partial charge in [0.15, 0.2) is 5.65 Å². The summed E-state index contributed by atoms with van der Waals surface area (Å²) in [6, 6.07) is 3.73. The molecule has 11 heteroatoms. The lowest BCUT2D eigenvalue weighted by atomic mass is 10.0. The zero-order chi connectivity index (χ0) is 23.2. The largest absolute Gasteiger partial charge is 0.481 e. The molecule has 0 saturated heterocycles. The normalized spacial score (nSPS) is 14.9. The van der Waals surface area contributed by atoms with E-state index in [1.54, 1.807) is 13.8 Å². The van der Waals surface area contributed by atoms with E-state index in [1.165, 1.54) is 7.11 Å². The number of nitro benzene ring substituents is 1. The van der Waals surface area contributed by atoms with Crippen molar-refractivity contribution in [2.24, 2.45) is 0 Å². The molecule has 1 aliphatic rings. The minimum absolute atomic E-state index is 0.111. The third kappa shape index (κ3) is 4.27. The van der Waals surface area contributed by atoms with Gasteiger partial charge in [0.25, 0.3) is 5.69 Å². The predicted molar refractivity (Wildman–Crippen MR) is 111 cm³/mol. The maximum atomic E-state index is 13.3. The summed E-state index contributed by atoms with van der Waals surface area (Å²) in [6.07, 6.45) is -2.68. The van der Waals surface area contributed by atoms with Crippen LogP contribution in [0.15, 0.2) is 24.3 Å². The number of nitro groups is 1. The Morgan fingerprint density at radius 1 is 1.19 bits per heavy atom. The first-order chi connectivity index (χ1) is 15.1. The van der Waals surface area contributed by atoms with Crippen LogP contribution in [0.3, 0.4) is 0 Å². The van der Waals surface area contributed by atoms with E-state index in [-0.39, 0.29) is 5.56 Å². The summed E-state index contributed by atoms with van der Waals surface area (Å²) in [4.78, 5) is 23.6. The van der Waals surface area contributed by atoms with Gasteiger partial charge < -0.3 is 10.1 Å². The van der Waals surface area contributed by atoms with Crippen LogP contribution in [0.5, 0.6) is 5.88 Å². The molecule has 168 valence electrons. The summed E-state index contributed by atoms with van der Waals surface area (Å²) in [5.41, 5.74) is -0.280. The molecule has 8 nitrogen and oxygen atoms in total. The number of nitrogens with one attached hydrogen (secondary N) is 1. The smallest absolute Gasteiger partial charge is 0.416 e. The van der Waals surface area contributed by atoms with E-state index in [1.807, 2.05) is 6.07 Å². The van der Waals surface area contributed by atoms with E-state index < -0.39 is 28.4 Å². The van der Waals surface area contributed by atoms with E-state index in [0.717, 1.165) is 30.5 Å². The van der Waals surface area contributed by atoms with Crippen LogP contribution in [0, 0.1) is 17.0 Å². The molecule has 2 aromatic heterocycles. The zero-order valence-corrected chi connectivity index (χ0v) is 17.5. The first-order valence-corrected chi connectivity index (χ1v) is 9.93. The topological polar surface area (TPSA) is 103 Å². The number of aromatic nitrogens is 3. The summed E-state index contributed by atoms with van der Waals surface area (Å²) in [5, 5.41) is 14.9. The highest BCUT2D eigenvalue weighted by Gasteiger charge is 2.33. The van der Waals surface area contributed by atoms with E-state index in [4.69, 9.17) is 4.74 Å². The number of non-ortho nitro benzene ring substituents is 1. The van der Waals surface area contributed by atoms with Crippen molar-refractivity contribution in [2.45, 2.75) is 44.8 Å².